The van der Waals surface area contributed by atoms with Gasteiger partial charge in [-0.15, -0.1) is 11.3 Å². The van der Waals surface area contributed by atoms with Crippen LogP contribution in [0.25, 0.3) is 0 Å². The van der Waals surface area contributed by atoms with Gasteiger partial charge in [0.25, 0.3) is 5.69 Å². The third-order valence-corrected chi connectivity index (χ3v) is 4.46. The van der Waals surface area contributed by atoms with Crippen LogP contribution in [-0.2, 0) is 14.3 Å². The average Bonchev–Trinajstić information content (AvgIpc) is 3.01. The van der Waals surface area contributed by atoms with Gasteiger partial charge in [0.15, 0.2) is 0 Å². The molecular formula is C16H17N3O5S. The van der Waals surface area contributed by atoms with Gasteiger partial charge in [0.1, 0.15) is 11.8 Å². The molecule has 1 aromatic carbocycles. The highest BCUT2D eigenvalue weighted by Gasteiger charge is 2.21. The Bertz CT molecular complexity index is 790. The molecule has 1 aromatic heterocycles. The summed E-state index contributed by atoms with van der Waals surface area (Å²) >= 11 is 1.54. The quantitative estimate of drug-likeness (QED) is 0.465. The summed E-state index contributed by atoms with van der Waals surface area (Å²) in [5.41, 5.74) is -0.322. The second-order valence-electron chi connectivity index (χ2n) is 5.11. The van der Waals surface area contributed by atoms with Gasteiger partial charge in [0, 0.05) is 29.5 Å². The van der Waals surface area contributed by atoms with Gasteiger partial charge in [-0.05, 0) is 25.1 Å². The monoisotopic (exact) mass is 363 g/mol. The molecule has 2 amide bonds. The standard InChI is InChI=1S/C16H17N3O5S/c1-10-7-8-14(25-10)13(24-2)9-17-15(20)16(21)18-11-5-3-4-6-12(11)19(22)23/h3-8,13H,9H2,1-2H3,(H,17,20)(H,18,21). The number of thiophene rings is 1. The van der Waals surface area contributed by atoms with Crippen molar-refractivity contribution in [1.29, 1.82) is 0 Å². The predicted octanol–water partition coefficient (Wildman–Crippen LogP) is 2.41. The molecule has 0 aliphatic heterocycles. The predicted molar refractivity (Wildman–Crippen MR) is 93.5 cm³/mol. The second kappa shape index (κ2) is 8.36. The summed E-state index contributed by atoms with van der Waals surface area (Å²) in [5.74, 6) is -1.88. The van der Waals surface area contributed by atoms with E-state index in [2.05, 4.69) is 10.6 Å². The number of ether oxygens (including phenoxy) is 1. The highest BCUT2D eigenvalue weighted by atomic mass is 32.1. The van der Waals surface area contributed by atoms with Crippen LogP contribution in [-0.4, -0.2) is 30.4 Å². The minimum absolute atomic E-state index is 0.0372. The molecule has 2 N–H and O–H groups in total. The van der Waals surface area contributed by atoms with E-state index in [9.17, 15) is 19.7 Å². The van der Waals surface area contributed by atoms with Crippen LogP contribution in [0.1, 0.15) is 15.9 Å². The Labute approximate surface area is 148 Å². The first-order chi connectivity index (χ1) is 11.9. The number of methoxy groups -OCH3 is 1. The maximum absolute atomic E-state index is 11.9. The van der Waals surface area contributed by atoms with E-state index in [-0.39, 0.29) is 24.0 Å². The van der Waals surface area contributed by atoms with Crippen molar-refractivity contribution in [2.75, 3.05) is 19.0 Å². The van der Waals surface area contributed by atoms with Gasteiger partial charge in [-0.2, -0.15) is 0 Å². The molecule has 0 bridgehead atoms. The highest BCUT2D eigenvalue weighted by Crippen LogP contribution is 2.25. The van der Waals surface area contributed by atoms with Crippen molar-refractivity contribution in [2.24, 2.45) is 0 Å². The Morgan fingerprint density at radius 3 is 2.56 bits per heavy atom. The van der Waals surface area contributed by atoms with Crippen molar-refractivity contribution in [3.63, 3.8) is 0 Å². The Balaban J connectivity index is 1.96. The molecular weight excluding hydrogens is 346 g/mol. The van der Waals surface area contributed by atoms with Crippen molar-refractivity contribution in [3.8, 4) is 0 Å². The lowest BCUT2D eigenvalue weighted by Gasteiger charge is -2.14. The molecule has 0 aliphatic rings. The van der Waals surface area contributed by atoms with Gasteiger partial charge in [-0.3, -0.25) is 19.7 Å². The third kappa shape index (κ3) is 4.85. The van der Waals surface area contributed by atoms with Crippen molar-refractivity contribution in [2.45, 2.75) is 13.0 Å². The topological polar surface area (TPSA) is 111 Å². The summed E-state index contributed by atoms with van der Waals surface area (Å²) in [6.07, 6.45) is -0.374. The molecule has 25 heavy (non-hydrogen) atoms. The van der Waals surface area contributed by atoms with Crippen molar-refractivity contribution in [3.05, 3.63) is 56.3 Å². The number of benzene rings is 1. The Morgan fingerprint density at radius 1 is 1.24 bits per heavy atom. The first-order valence-corrected chi connectivity index (χ1v) is 8.15. The fourth-order valence-electron chi connectivity index (χ4n) is 2.11. The number of amides is 2. The van der Waals surface area contributed by atoms with Crippen molar-refractivity contribution in [1.82, 2.24) is 5.32 Å². The van der Waals surface area contributed by atoms with Gasteiger partial charge in [0.05, 0.1) is 4.92 Å². The summed E-state index contributed by atoms with van der Waals surface area (Å²) in [6.45, 7) is 2.07. The lowest BCUT2D eigenvalue weighted by Crippen LogP contribution is -2.37. The minimum atomic E-state index is -0.980. The second-order valence-corrected chi connectivity index (χ2v) is 6.43. The normalized spacial score (nSPS) is 11.6. The zero-order chi connectivity index (χ0) is 18.4. The number of nitro benzene ring substituents is 1. The van der Waals surface area contributed by atoms with Crippen LogP contribution in [0.15, 0.2) is 36.4 Å². The van der Waals surface area contributed by atoms with Crippen molar-refractivity contribution < 1.29 is 19.2 Å². The molecule has 132 valence electrons. The summed E-state index contributed by atoms with van der Waals surface area (Å²) in [6, 6.07) is 9.44. The molecule has 1 unspecified atom stereocenters. The van der Waals surface area contributed by atoms with Crippen LogP contribution in [0, 0.1) is 17.0 Å². The van der Waals surface area contributed by atoms with E-state index in [0.717, 1.165) is 9.75 Å². The third-order valence-electron chi connectivity index (χ3n) is 3.37. The minimum Gasteiger partial charge on any atom is -0.374 e. The van der Waals surface area contributed by atoms with Crippen LogP contribution in [0.5, 0.6) is 0 Å². The molecule has 0 aliphatic carbocycles. The average molecular weight is 363 g/mol. The molecule has 9 heteroatoms. The van der Waals surface area contributed by atoms with Crippen LogP contribution < -0.4 is 10.6 Å². The molecule has 0 radical (unpaired) electrons. The molecule has 0 fully saturated rings. The van der Waals surface area contributed by atoms with E-state index in [0.29, 0.717) is 0 Å². The van der Waals surface area contributed by atoms with Gasteiger partial charge in [-0.25, -0.2) is 0 Å². The van der Waals surface area contributed by atoms with E-state index < -0.39 is 16.7 Å². The number of carbonyl (C=O) groups excluding carboxylic acids is 2. The Morgan fingerprint density at radius 2 is 1.96 bits per heavy atom. The van der Waals surface area contributed by atoms with E-state index >= 15 is 0 Å². The van der Waals surface area contributed by atoms with Crippen LogP contribution >= 0.6 is 11.3 Å². The summed E-state index contributed by atoms with van der Waals surface area (Å²) in [7, 11) is 1.51. The van der Waals surface area contributed by atoms with Crippen LogP contribution in [0.3, 0.4) is 0 Å². The number of carbonyl (C=O) groups is 2. The number of hydrogen-bond donors (Lipinski definition) is 2. The van der Waals surface area contributed by atoms with E-state index in [1.54, 1.807) is 0 Å². The molecule has 2 rings (SSSR count). The molecule has 0 saturated carbocycles. The first-order valence-electron chi connectivity index (χ1n) is 7.34. The van der Waals surface area contributed by atoms with Gasteiger partial charge < -0.3 is 15.4 Å². The van der Waals surface area contributed by atoms with Gasteiger partial charge in [-0.1, -0.05) is 12.1 Å². The maximum atomic E-state index is 11.9. The van der Waals surface area contributed by atoms with Crippen LogP contribution in [0.2, 0.25) is 0 Å². The summed E-state index contributed by atoms with van der Waals surface area (Å²) < 4.78 is 5.32. The molecule has 1 heterocycles. The molecule has 2 aromatic rings. The van der Waals surface area contributed by atoms with Gasteiger partial charge >= 0.3 is 11.8 Å². The largest absolute Gasteiger partial charge is 0.374 e. The Kier molecular flexibility index (Phi) is 6.20. The lowest BCUT2D eigenvalue weighted by molar-refractivity contribution is -0.383. The number of hydrogen-bond acceptors (Lipinski definition) is 6. The lowest BCUT2D eigenvalue weighted by atomic mass is 10.2. The zero-order valence-electron chi connectivity index (χ0n) is 13.6. The van der Waals surface area contributed by atoms with E-state index in [4.69, 9.17) is 4.74 Å². The van der Waals surface area contributed by atoms with Gasteiger partial charge in [0.2, 0.25) is 0 Å². The number of nitro groups is 1. The Hall–Kier alpha value is -2.78. The highest BCUT2D eigenvalue weighted by molar-refractivity contribution is 7.12. The number of aryl methyl sites for hydroxylation is 1. The zero-order valence-corrected chi connectivity index (χ0v) is 14.5. The molecule has 8 nitrogen and oxygen atoms in total. The SMILES string of the molecule is COC(CNC(=O)C(=O)Nc1ccccc1[N+](=O)[O-])c1ccc(C)s1. The fraction of sp³-hybridized carbons (Fsp3) is 0.250. The van der Waals surface area contributed by atoms with E-state index in [1.165, 1.54) is 42.7 Å². The smallest absolute Gasteiger partial charge is 0.313 e. The number of anilines is 1. The fourth-order valence-corrected chi connectivity index (χ4v) is 3.06. The number of nitrogens with zero attached hydrogens (tertiary/aromatic N) is 1. The first kappa shape index (κ1) is 18.6. The molecule has 0 saturated heterocycles. The maximum Gasteiger partial charge on any atom is 0.313 e. The molecule has 0 spiro atoms. The number of para-hydroxylation sites is 2. The summed E-state index contributed by atoms with van der Waals surface area (Å²) in [5, 5.41) is 15.6. The van der Waals surface area contributed by atoms with Crippen LogP contribution in [0.4, 0.5) is 11.4 Å². The number of rotatable bonds is 6. The van der Waals surface area contributed by atoms with Crippen molar-refractivity contribution >= 4 is 34.5 Å². The molecule has 1 atom stereocenters. The summed E-state index contributed by atoms with van der Waals surface area (Å²) in [4.78, 5) is 36.2. The number of nitrogens with one attached hydrogen (secondary N) is 2. The van der Waals surface area contributed by atoms with E-state index in [1.807, 2.05) is 19.1 Å².